The first kappa shape index (κ1) is 19.6. The second-order valence-corrected chi connectivity index (χ2v) is 2.36. The quantitative estimate of drug-likeness (QED) is 0.345. The summed E-state index contributed by atoms with van der Waals surface area (Å²) in [6, 6.07) is 0. The van der Waals surface area contributed by atoms with Crippen molar-refractivity contribution in [3.63, 3.8) is 0 Å². The Kier molecular flexibility index (Phi) is 13.4. The summed E-state index contributed by atoms with van der Waals surface area (Å²) in [5, 5.41) is 43.5. The van der Waals surface area contributed by atoms with E-state index in [4.69, 9.17) is 25.5 Å². The number of rotatable bonds is 5. The zero-order valence-corrected chi connectivity index (χ0v) is 8.69. The fourth-order valence-corrected chi connectivity index (χ4v) is 0.618. The van der Waals surface area contributed by atoms with Crippen LogP contribution >= 0.6 is 24.8 Å². The maximum atomic E-state index is 9.90. The standard InChI is InChI=1S/C6H12O6.2ClH/c7-1-3(9)5(11)6(12)4(10)2-8;;/h1,3-6,8-12H,2H2;2*1H/t3-,4+,5+,6+;;/m0../s1. The fraction of sp³-hybridized carbons (Fsp3) is 0.833. The van der Waals surface area contributed by atoms with Gasteiger partial charge in [0.1, 0.15) is 24.4 Å². The molecule has 0 spiro atoms. The van der Waals surface area contributed by atoms with E-state index >= 15 is 0 Å². The van der Waals surface area contributed by atoms with Crippen LogP contribution in [-0.4, -0.2) is 62.8 Å². The third-order valence-electron chi connectivity index (χ3n) is 1.42. The average molecular weight is 253 g/mol. The van der Waals surface area contributed by atoms with Crippen molar-refractivity contribution in [2.75, 3.05) is 6.61 Å². The smallest absolute Gasteiger partial charge is 0.151 e. The molecule has 0 unspecified atom stereocenters. The van der Waals surface area contributed by atoms with Gasteiger partial charge >= 0.3 is 0 Å². The highest BCUT2D eigenvalue weighted by molar-refractivity contribution is 5.85. The molecule has 0 aliphatic rings. The lowest BCUT2D eigenvalue weighted by Crippen LogP contribution is -2.46. The van der Waals surface area contributed by atoms with Crippen LogP contribution in [0.1, 0.15) is 0 Å². The normalized spacial score (nSPS) is 18.1. The zero-order chi connectivity index (χ0) is 9.72. The Morgan fingerprint density at radius 1 is 1.00 bits per heavy atom. The number of aliphatic hydroxyl groups is 5. The van der Waals surface area contributed by atoms with Crippen LogP contribution in [0.15, 0.2) is 0 Å². The molecule has 0 fully saturated rings. The first-order chi connectivity index (χ1) is 5.54. The lowest BCUT2D eigenvalue weighted by Gasteiger charge is -2.22. The van der Waals surface area contributed by atoms with Gasteiger partial charge < -0.3 is 30.3 Å². The fourth-order valence-electron chi connectivity index (χ4n) is 0.618. The molecule has 0 aliphatic carbocycles. The monoisotopic (exact) mass is 252 g/mol. The molecule has 0 bridgehead atoms. The van der Waals surface area contributed by atoms with Gasteiger partial charge in [-0.05, 0) is 0 Å². The number of halogens is 2. The summed E-state index contributed by atoms with van der Waals surface area (Å²) in [5.74, 6) is 0. The van der Waals surface area contributed by atoms with Crippen LogP contribution in [0.25, 0.3) is 0 Å². The minimum absolute atomic E-state index is 0. The van der Waals surface area contributed by atoms with Gasteiger partial charge in [0.25, 0.3) is 0 Å². The van der Waals surface area contributed by atoms with Gasteiger partial charge in [-0.2, -0.15) is 0 Å². The molecule has 0 aliphatic heterocycles. The number of hydrogen-bond donors (Lipinski definition) is 5. The van der Waals surface area contributed by atoms with Crippen LogP contribution in [0.3, 0.4) is 0 Å². The van der Waals surface area contributed by atoms with Gasteiger partial charge in [-0.1, -0.05) is 0 Å². The van der Waals surface area contributed by atoms with Crippen molar-refractivity contribution in [3.05, 3.63) is 0 Å². The summed E-state index contributed by atoms with van der Waals surface area (Å²) < 4.78 is 0. The second kappa shape index (κ2) is 9.60. The summed E-state index contributed by atoms with van der Waals surface area (Å²) in [4.78, 5) is 9.90. The van der Waals surface area contributed by atoms with Crippen LogP contribution in [0, 0.1) is 0 Å². The maximum Gasteiger partial charge on any atom is 0.151 e. The van der Waals surface area contributed by atoms with Crippen molar-refractivity contribution in [1.29, 1.82) is 0 Å². The number of carbonyl (C=O) groups excluding carboxylic acids is 1. The summed E-state index contributed by atoms with van der Waals surface area (Å²) in [7, 11) is 0. The molecule has 0 aromatic carbocycles. The van der Waals surface area contributed by atoms with Crippen LogP contribution < -0.4 is 0 Å². The summed E-state index contributed by atoms with van der Waals surface area (Å²) in [5.41, 5.74) is 0. The Balaban J connectivity index is -0.000000605. The molecule has 0 saturated carbocycles. The molecule has 0 saturated heterocycles. The van der Waals surface area contributed by atoms with Gasteiger partial charge in [0.2, 0.25) is 0 Å². The third kappa shape index (κ3) is 5.71. The highest BCUT2D eigenvalue weighted by Gasteiger charge is 2.29. The Hall–Kier alpha value is 0.0500. The van der Waals surface area contributed by atoms with Gasteiger partial charge in [0.05, 0.1) is 6.61 Å². The summed E-state index contributed by atoms with van der Waals surface area (Å²) in [6.07, 6.45) is -6.84. The predicted molar refractivity (Wildman–Crippen MR) is 51.7 cm³/mol. The van der Waals surface area contributed by atoms with Crippen molar-refractivity contribution < 1.29 is 30.3 Å². The van der Waals surface area contributed by atoms with E-state index in [2.05, 4.69) is 0 Å². The highest BCUT2D eigenvalue weighted by Crippen LogP contribution is 2.02. The lowest BCUT2D eigenvalue weighted by atomic mass is 10.0. The van der Waals surface area contributed by atoms with E-state index in [0.717, 1.165) is 0 Å². The Morgan fingerprint density at radius 2 is 1.43 bits per heavy atom. The molecule has 0 aromatic heterocycles. The Labute approximate surface area is 93.0 Å². The molecule has 8 heteroatoms. The van der Waals surface area contributed by atoms with Gasteiger partial charge in [0.15, 0.2) is 6.29 Å². The maximum absolute atomic E-state index is 9.90. The van der Waals surface area contributed by atoms with Gasteiger partial charge in [-0.3, -0.25) is 0 Å². The molecule has 88 valence electrons. The van der Waals surface area contributed by atoms with E-state index in [1.54, 1.807) is 0 Å². The van der Waals surface area contributed by atoms with Crippen molar-refractivity contribution in [2.24, 2.45) is 0 Å². The van der Waals surface area contributed by atoms with E-state index < -0.39 is 31.0 Å². The summed E-state index contributed by atoms with van der Waals surface area (Å²) >= 11 is 0. The molecule has 0 radical (unpaired) electrons. The van der Waals surface area contributed by atoms with Crippen LogP contribution in [0.4, 0.5) is 0 Å². The number of aliphatic hydroxyl groups excluding tert-OH is 5. The van der Waals surface area contributed by atoms with E-state index in [9.17, 15) is 4.79 Å². The molecule has 14 heavy (non-hydrogen) atoms. The first-order valence-electron chi connectivity index (χ1n) is 3.33. The number of carbonyl (C=O) groups is 1. The largest absolute Gasteiger partial charge is 0.394 e. The lowest BCUT2D eigenvalue weighted by molar-refractivity contribution is -0.136. The minimum atomic E-state index is -1.79. The number of aldehydes is 1. The van der Waals surface area contributed by atoms with Crippen molar-refractivity contribution in [2.45, 2.75) is 24.4 Å². The molecular formula is C6H14Cl2O6. The molecular weight excluding hydrogens is 239 g/mol. The number of hydrogen-bond acceptors (Lipinski definition) is 6. The van der Waals surface area contributed by atoms with Crippen molar-refractivity contribution in [1.82, 2.24) is 0 Å². The van der Waals surface area contributed by atoms with Gasteiger partial charge in [-0.25, -0.2) is 0 Å². The molecule has 0 heterocycles. The second-order valence-electron chi connectivity index (χ2n) is 2.36. The first-order valence-corrected chi connectivity index (χ1v) is 3.33. The molecule has 4 atom stereocenters. The van der Waals surface area contributed by atoms with Crippen LogP contribution in [0.5, 0.6) is 0 Å². The molecule has 0 aromatic rings. The van der Waals surface area contributed by atoms with E-state index in [-0.39, 0.29) is 31.1 Å². The van der Waals surface area contributed by atoms with Crippen LogP contribution in [-0.2, 0) is 4.79 Å². The van der Waals surface area contributed by atoms with Gasteiger partial charge in [-0.15, -0.1) is 24.8 Å². The predicted octanol–water partition coefficient (Wildman–Crippen LogP) is -2.54. The zero-order valence-electron chi connectivity index (χ0n) is 7.05. The molecule has 0 amide bonds. The van der Waals surface area contributed by atoms with E-state index in [0.29, 0.717) is 0 Å². The minimum Gasteiger partial charge on any atom is -0.394 e. The Morgan fingerprint density at radius 3 is 1.71 bits per heavy atom. The average Bonchev–Trinajstić information content (AvgIpc) is 2.12. The van der Waals surface area contributed by atoms with Gasteiger partial charge in [0, 0.05) is 0 Å². The Bertz CT molecular complexity index is 146. The van der Waals surface area contributed by atoms with Crippen molar-refractivity contribution >= 4 is 31.1 Å². The van der Waals surface area contributed by atoms with Crippen LogP contribution in [0.2, 0.25) is 0 Å². The van der Waals surface area contributed by atoms with Crippen molar-refractivity contribution in [3.8, 4) is 0 Å². The third-order valence-corrected chi connectivity index (χ3v) is 1.42. The molecule has 6 nitrogen and oxygen atoms in total. The topological polar surface area (TPSA) is 118 Å². The molecule has 5 N–H and O–H groups in total. The SMILES string of the molecule is Cl.Cl.O=C[C@H](O)[C@@H](O)[C@H](O)[C@H](O)CO. The molecule has 0 rings (SSSR count). The summed E-state index contributed by atoms with van der Waals surface area (Å²) in [6.45, 7) is -0.760. The van der Waals surface area contributed by atoms with E-state index in [1.807, 2.05) is 0 Å². The highest BCUT2D eigenvalue weighted by atomic mass is 35.5. The van der Waals surface area contributed by atoms with E-state index in [1.165, 1.54) is 0 Å².